The van der Waals surface area contributed by atoms with Gasteiger partial charge in [-0.2, -0.15) is 0 Å². The molecule has 0 aliphatic carbocycles. The van der Waals surface area contributed by atoms with Crippen LogP contribution < -0.4 is 5.32 Å². The quantitative estimate of drug-likeness (QED) is 0.776. The minimum Gasteiger partial charge on any atom is -0.389 e. The van der Waals surface area contributed by atoms with Crippen LogP contribution in [0.5, 0.6) is 0 Å². The highest BCUT2D eigenvalue weighted by Crippen LogP contribution is 2.29. The Balaban J connectivity index is 1.86. The highest BCUT2D eigenvalue weighted by molar-refractivity contribution is 6.05. The van der Waals surface area contributed by atoms with Gasteiger partial charge in [0.1, 0.15) is 6.04 Å². The van der Waals surface area contributed by atoms with Crippen LogP contribution in [0.1, 0.15) is 47.4 Å². The largest absolute Gasteiger partial charge is 0.389 e. The molecule has 3 rings (SSSR count). The van der Waals surface area contributed by atoms with E-state index in [4.69, 9.17) is 0 Å². The van der Waals surface area contributed by atoms with Crippen LogP contribution in [-0.4, -0.2) is 33.8 Å². The second-order valence-corrected chi connectivity index (χ2v) is 5.49. The van der Waals surface area contributed by atoms with Crippen molar-refractivity contribution in [2.24, 2.45) is 0 Å². The highest BCUT2D eigenvalue weighted by atomic mass is 16.3. The number of rotatable bonds is 2. The Labute approximate surface area is 121 Å². The summed E-state index contributed by atoms with van der Waals surface area (Å²) < 4.78 is 0. The summed E-state index contributed by atoms with van der Waals surface area (Å²) in [5, 5.41) is 11.9. The molecule has 2 N–H and O–H groups in total. The molecule has 21 heavy (non-hydrogen) atoms. The molecule has 6 heteroatoms. The fraction of sp³-hybridized carbons (Fsp3) is 0.400. The molecule has 2 unspecified atom stereocenters. The molecule has 2 aliphatic rings. The number of nitrogens with one attached hydrogen (secondary N) is 1. The zero-order valence-corrected chi connectivity index (χ0v) is 11.6. The van der Waals surface area contributed by atoms with E-state index in [9.17, 15) is 19.5 Å². The molecule has 0 saturated carbocycles. The van der Waals surface area contributed by atoms with Crippen LogP contribution in [0.15, 0.2) is 18.2 Å². The third-order valence-corrected chi connectivity index (χ3v) is 4.03. The third kappa shape index (κ3) is 2.31. The van der Waals surface area contributed by atoms with Crippen LogP contribution in [0.4, 0.5) is 0 Å². The molecule has 110 valence electrons. The summed E-state index contributed by atoms with van der Waals surface area (Å²) in [6.45, 7) is 2.00. The number of fused-ring (bicyclic) bond motifs is 1. The average molecular weight is 288 g/mol. The van der Waals surface area contributed by atoms with Gasteiger partial charge in [0.05, 0.1) is 6.10 Å². The SMILES string of the molecule is CC(O)c1ccc2c(c1)CN(C1CCC(=O)NC1=O)C2=O. The summed E-state index contributed by atoms with van der Waals surface area (Å²) in [5.74, 6) is -0.906. The van der Waals surface area contributed by atoms with E-state index in [1.54, 1.807) is 25.1 Å². The van der Waals surface area contributed by atoms with E-state index >= 15 is 0 Å². The van der Waals surface area contributed by atoms with Crippen LogP contribution in [0.25, 0.3) is 0 Å². The van der Waals surface area contributed by atoms with Gasteiger partial charge in [-0.25, -0.2) is 0 Å². The number of carbonyl (C=O) groups is 3. The van der Waals surface area contributed by atoms with Crippen molar-refractivity contribution in [1.29, 1.82) is 0 Å². The summed E-state index contributed by atoms with van der Waals surface area (Å²) in [6.07, 6.45) is -0.00149. The Kier molecular flexibility index (Phi) is 3.25. The van der Waals surface area contributed by atoms with E-state index in [-0.39, 0.29) is 18.2 Å². The van der Waals surface area contributed by atoms with Gasteiger partial charge in [-0.05, 0) is 30.5 Å². The van der Waals surface area contributed by atoms with Crippen LogP contribution in [0, 0.1) is 0 Å². The molecule has 2 heterocycles. The lowest BCUT2D eigenvalue weighted by molar-refractivity contribution is -0.136. The molecule has 2 aliphatic heterocycles. The van der Waals surface area contributed by atoms with Gasteiger partial charge < -0.3 is 10.0 Å². The van der Waals surface area contributed by atoms with E-state index in [0.29, 0.717) is 18.5 Å². The molecular formula is C15H16N2O4. The van der Waals surface area contributed by atoms with Gasteiger partial charge in [-0.1, -0.05) is 12.1 Å². The Morgan fingerprint density at radius 3 is 2.76 bits per heavy atom. The van der Waals surface area contributed by atoms with Crippen molar-refractivity contribution < 1.29 is 19.5 Å². The number of carbonyl (C=O) groups excluding carboxylic acids is 3. The van der Waals surface area contributed by atoms with Gasteiger partial charge >= 0.3 is 0 Å². The Morgan fingerprint density at radius 2 is 2.10 bits per heavy atom. The molecule has 1 aromatic rings. The number of nitrogens with zero attached hydrogens (tertiary/aromatic N) is 1. The first kappa shape index (κ1) is 13.8. The van der Waals surface area contributed by atoms with Crippen molar-refractivity contribution in [1.82, 2.24) is 10.2 Å². The van der Waals surface area contributed by atoms with Crippen molar-refractivity contribution in [2.45, 2.75) is 38.5 Å². The van der Waals surface area contributed by atoms with E-state index in [0.717, 1.165) is 11.1 Å². The molecule has 1 aromatic carbocycles. The van der Waals surface area contributed by atoms with Crippen LogP contribution in [-0.2, 0) is 16.1 Å². The molecule has 0 spiro atoms. The van der Waals surface area contributed by atoms with E-state index in [1.807, 2.05) is 0 Å². The van der Waals surface area contributed by atoms with Gasteiger partial charge in [0, 0.05) is 18.5 Å². The number of piperidine rings is 1. The average Bonchev–Trinajstić information content (AvgIpc) is 2.75. The molecule has 1 fully saturated rings. The number of aliphatic hydroxyl groups is 1. The van der Waals surface area contributed by atoms with E-state index in [2.05, 4.69) is 5.32 Å². The second-order valence-electron chi connectivity index (χ2n) is 5.49. The first-order chi connectivity index (χ1) is 9.97. The minimum atomic E-state index is -0.602. The normalized spacial score (nSPS) is 23.0. The first-order valence-electron chi connectivity index (χ1n) is 6.93. The lowest BCUT2D eigenvalue weighted by atomic mass is 10.0. The molecule has 3 amide bonds. The summed E-state index contributed by atoms with van der Waals surface area (Å²) in [6, 6.07) is 4.60. The van der Waals surface area contributed by atoms with Gasteiger partial charge in [0.15, 0.2) is 0 Å². The van der Waals surface area contributed by atoms with Crippen LogP contribution >= 0.6 is 0 Å². The molecule has 6 nitrogen and oxygen atoms in total. The molecule has 1 saturated heterocycles. The molecule has 0 aromatic heterocycles. The van der Waals surface area contributed by atoms with Gasteiger partial charge in [-0.15, -0.1) is 0 Å². The maximum Gasteiger partial charge on any atom is 0.255 e. The van der Waals surface area contributed by atoms with Crippen LogP contribution in [0.3, 0.4) is 0 Å². The van der Waals surface area contributed by atoms with Crippen molar-refractivity contribution in [3.8, 4) is 0 Å². The van der Waals surface area contributed by atoms with Crippen LogP contribution in [0.2, 0.25) is 0 Å². The molecule has 0 bridgehead atoms. The lowest BCUT2D eigenvalue weighted by Crippen LogP contribution is -2.52. The summed E-state index contributed by atoms with van der Waals surface area (Å²) in [4.78, 5) is 37.0. The number of aliphatic hydroxyl groups excluding tert-OH is 1. The summed E-state index contributed by atoms with van der Waals surface area (Å²) in [7, 11) is 0. The number of imide groups is 1. The predicted molar refractivity (Wildman–Crippen MR) is 73.1 cm³/mol. The fourth-order valence-corrected chi connectivity index (χ4v) is 2.85. The monoisotopic (exact) mass is 288 g/mol. The Bertz CT molecular complexity index is 639. The smallest absolute Gasteiger partial charge is 0.255 e. The third-order valence-electron chi connectivity index (χ3n) is 4.03. The summed E-state index contributed by atoms with van der Waals surface area (Å²) in [5.41, 5.74) is 2.11. The van der Waals surface area contributed by atoms with Gasteiger partial charge in [-0.3, -0.25) is 19.7 Å². The maximum absolute atomic E-state index is 12.4. The number of hydrogen-bond donors (Lipinski definition) is 2. The molecular weight excluding hydrogens is 272 g/mol. The van der Waals surface area contributed by atoms with Crippen molar-refractivity contribution in [3.63, 3.8) is 0 Å². The zero-order chi connectivity index (χ0) is 15.1. The Morgan fingerprint density at radius 1 is 1.33 bits per heavy atom. The maximum atomic E-state index is 12.4. The van der Waals surface area contributed by atoms with Crippen molar-refractivity contribution in [3.05, 3.63) is 34.9 Å². The predicted octanol–water partition coefficient (Wildman–Crippen LogP) is 0.501. The van der Waals surface area contributed by atoms with E-state index < -0.39 is 18.1 Å². The standard InChI is InChI=1S/C15H16N2O4/c1-8(18)9-2-3-11-10(6-9)7-17(15(11)21)12-4-5-13(19)16-14(12)20/h2-3,6,8,12,18H,4-5,7H2,1H3,(H,16,19,20). The fourth-order valence-electron chi connectivity index (χ4n) is 2.85. The highest BCUT2D eigenvalue weighted by Gasteiger charge is 2.39. The van der Waals surface area contributed by atoms with E-state index in [1.165, 1.54) is 4.90 Å². The second kappa shape index (κ2) is 4.96. The number of amides is 3. The first-order valence-corrected chi connectivity index (χ1v) is 6.93. The molecule has 0 radical (unpaired) electrons. The Hall–Kier alpha value is -2.21. The number of hydrogen-bond acceptors (Lipinski definition) is 4. The zero-order valence-electron chi connectivity index (χ0n) is 11.6. The summed E-state index contributed by atoms with van der Waals surface area (Å²) >= 11 is 0. The minimum absolute atomic E-state index is 0.198. The van der Waals surface area contributed by atoms with Crippen molar-refractivity contribution >= 4 is 17.7 Å². The molecule has 2 atom stereocenters. The van der Waals surface area contributed by atoms with Gasteiger partial charge in [0.2, 0.25) is 11.8 Å². The number of benzene rings is 1. The lowest BCUT2D eigenvalue weighted by Gasteiger charge is -2.29. The van der Waals surface area contributed by atoms with Crippen molar-refractivity contribution in [2.75, 3.05) is 0 Å². The topological polar surface area (TPSA) is 86.7 Å². The van der Waals surface area contributed by atoms with Gasteiger partial charge in [0.25, 0.3) is 5.91 Å².